The van der Waals surface area contributed by atoms with E-state index in [4.69, 9.17) is 12.2 Å². The highest BCUT2D eigenvalue weighted by atomic mass is 32.1. The van der Waals surface area contributed by atoms with Crippen LogP contribution < -0.4 is 10.2 Å². The Labute approximate surface area is 215 Å². The average molecular weight is 501 g/mol. The van der Waals surface area contributed by atoms with E-state index in [0.717, 1.165) is 54.4 Å². The van der Waals surface area contributed by atoms with E-state index in [2.05, 4.69) is 5.32 Å². The fourth-order valence-electron chi connectivity index (χ4n) is 5.04. The highest BCUT2D eigenvalue weighted by molar-refractivity contribution is 7.80. The van der Waals surface area contributed by atoms with Crippen LogP contribution in [-0.2, 0) is 20.9 Å². The van der Waals surface area contributed by atoms with E-state index in [0.29, 0.717) is 11.3 Å². The molecule has 0 spiro atoms. The average Bonchev–Trinajstić information content (AvgIpc) is 3.18. The van der Waals surface area contributed by atoms with Gasteiger partial charge in [0.25, 0.3) is 11.8 Å². The van der Waals surface area contributed by atoms with Crippen molar-refractivity contribution in [1.82, 2.24) is 14.8 Å². The summed E-state index contributed by atoms with van der Waals surface area (Å²) in [6.07, 6.45) is 6.66. The lowest BCUT2D eigenvalue weighted by Crippen LogP contribution is -2.54. The molecule has 3 heterocycles. The van der Waals surface area contributed by atoms with Gasteiger partial charge in [0.2, 0.25) is 5.91 Å². The number of nitrogens with one attached hydrogen (secondary N) is 1. The normalized spacial score (nSPS) is 17.7. The van der Waals surface area contributed by atoms with Gasteiger partial charge in [0, 0.05) is 35.8 Å². The summed E-state index contributed by atoms with van der Waals surface area (Å²) in [7, 11) is 0. The van der Waals surface area contributed by atoms with Gasteiger partial charge in [-0.2, -0.15) is 0 Å². The summed E-state index contributed by atoms with van der Waals surface area (Å²) in [5.74, 6) is -0.936. The van der Waals surface area contributed by atoms with Gasteiger partial charge in [-0.05, 0) is 80.7 Å². The molecule has 5 rings (SSSR count). The van der Waals surface area contributed by atoms with Crippen molar-refractivity contribution in [1.29, 1.82) is 0 Å². The fraction of sp³-hybridized carbons (Fsp3) is 0.286. The predicted molar refractivity (Wildman–Crippen MR) is 144 cm³/mol. The maximum atomic E-state index is 13.5. The number of rotatable bonds is 4. The summed E-state index contributed by atoms with van der Waals surface area (Å²) in [5.41, 5.74) is 4.16. The standard InChI is InChI=1S/C28H28N4O3S/c1-18-12-19(2)14-21(13-18)32-27(35)23(26(34)29-28(32)36)15-20-16-31(24-9-5-4-8-22(20)24)17-25(33)30-10-6-3-7-11-30/h4-5,8-9,12-16H,3,6-7,10-11,17H2,1-2H3,(H,29,34,36)/b23-15+. The number of aromatic nitrogens is 1. The first-order valence-electron chi connectivity index (χ1n) is 12.2. The lowest BCUT2D eigenvalue weighted by atomic mass is 10.1. The molecule has 2 aliphatic heterocycles. The third-order valence-electron chi connectivity index (χ3n) is 6.70. The smallest absolute Gasteiger partial charge is 0.270 e. The Morgan fingerprint density at radius 2 is 1.72 bits per heavy atom. The molecule has 0 bridgehead atoms. The number of carbonyl (C=O) groups is 3. The second-order valence-corrected chi connectivity index (χ2v) is 9.86. The Balaban J connectivity index is 1.51. The summed E-state index contributed by atoms with van der Waals surface area (Å²) >= 11 is 5.36. The van der Waals surface area contributed by atoms with Crippen LogP contribution in [0.15, 0.2) is 54.2 Å². The van der Waals surface area contributed by atoms with Gasteiger partial charge in [-0.25, -0.2) is 0 Å². The second-order valence-electron chi connectivity index (χ2n) is 9.47. The Morgan fingerprint density at radius 1 is 1.03 bits per heavy atom. The highest BCUT2D eigenvalue weighted by Crippen LogP contribution is 2.28. The van der Waals surface area contributed by atoms with Crippen LogP contribution in [-0.4, -0.2) is 45.4 Å². The van der Waals surface area contributed by atoms with Crippen molar-refractivity contribution in [2.75, 3.05) is 18.0 Å². The van der Waals surface area contributed by atoms with E-state index in [9.17, 15) is 14.4 Å². The van der Waals surface area contributed by atoms with Crippen LogP contribution in [0.5, 0.6) is 0 Å². The van der Waals surface area contributed by atoms with Crippen LogP contribution in [0.1, 0.15) is 36.0 Å². The molecule has 3 amide bonds. The Hall–Kier alpha value is -3.78. The number of thiocarbonyl (C=S) groups is 1. The van der Waals surface area contributed by atoms with Crippen LogP contribution in [0, 0.1) is 13.8 Å². The third-order valence-corrected chi connectivity index (χ3v) is 6.98. The molecule has 1 aromatic heterocycles. The quantitative estimate of drug-likeness (QED) is 0.333. The van der Waals surface area contributed by atoms with E-state index < -0.39 is 11.8 Å². The minimum atomic E-state index is -0.535. The van der Waals surface area contributed by atoms with Gasteiger partial charge in [-0.1, -0.05) is 24.3 Å². The van der Waals surface area contributed by atoms with E-state index >= 15 is 0 Å². The molecular formula is C28H28N4O3S. The van der Waals surface area contributed by atoms with Crippen molar-refractivity contribution >= 4 is 57.7 Å². The number of nitrogens with zero attached hydrogens (tertiary/aromatic N) is 3. The molecule has 8 heteroatoms. The van der Waals surface area contributed by atoms with Gasteiger partial charge in [0.05, 0.1) is 5.69 Å². The van der Waals surface area contributed by atoms with Crippen LogP contribution >= 0.6 is 12.2 Å². The van der Waals surface area contributed by atoms with Gasteiger partial charge in [0.1, 0.15) is 12.1 Å². The summed E-state index contributed by atoms with van der Waals surface area (Å²) in [4.78, 5) is 42.7. The summed E-state index contributed by atoms with van der Waals surface area (Å²) in [6, 6.07) is 13.4. The fourth-order valence-corrected chi connectivity index (χ4v) is 5.32. The maximum absolute atomic E-state index is 13.5. The molecule has 2 aromatic carbocycles. The lowest BCUT2D eigenvalue weighted by Gasteiger charge is -2.29. The number of para-hydroxylation sites is 1. The minimum absolute atomic E-state index is 0.00646. The molecule has 184 valence electrons. The molecular weight excluding hydrogens is 472 g/mol. The second kappa shape index (κ2) is 9.70. The van der Waals surface area contributed by atoms with Crippen molar-refractivity contribution in [3.05, 3.63) is 70.9 Å². The summed E-state index contributed by atoms with van der Waals surface area (Å²) < 4.78 is 1.90. The number of anilines is 1. The van der Waals surface area contributed by atoms with Gasteiger partial charge in [0.15, 0.2) is 5.11 Å². The largest absolute Gasteiger partial charge is 0.341 e. The predicted octanol–water partition coefficient (Wildman–Crippen LogP) is 4.10. The number of hydrogen-bond acceptors (Lipinski definition) is 4. The molecule has 0 radical (unpaired) electrons. The Kier molecular flexibility index (Phi) is 6.45. The Bertz CT molecular complexity index is 1410. The zero-order chi connectivity index (χ0) is 25.4. The third kappa shape index (κ3) is 4.56. The van der Waals surface area contributed by atoms with Gasteiger partial charge in [-0.3, -0.25) is 24.6 Å². The molecule has 3 aromatic rings. The molecule has 2 aliphatic rings. The number of likely N-dealkylation sites (tertiary alicyclic amines) is 1. The monoisotopic (exact) mass is 500 g/mol. The number of piperidine rings is 1. The molecule has 0 aliphatic carbocycles. The zero-order valence-corrected chi connectivity index (χ0v) is 21.2. The number of carbonyl (C=O) groups excluding carboxylic acids is 3. The molecule has 2 saturated heterocycles. The van der Waals surface area contributed by atoms with Crippen LogP contribution in [0.2, 0.25) is 0 Å². The number of hydrogen-bond donors (Lipinski definition) is 1. The molecule has 0 atom stereocenters. The first-order chi connectivity index (χ1) is 17.3. The topological polar surface area (TPSA) is 74.7 Å². The first kappa shape index (κ1) is 23.9. The van der Waals surface area contributed by atoms with Gasteiger partial charge < -0.3 is 9.47 Å². The molecule has 0 unspecified atom stereocenters. The number of benzene rings is 2. The van der Waals surface area contributed by atoms with Gasteiger partial charge >= 0.3 is 0 Å². The molecule has 2 fully saturated rings. The number of aryl methyl sites for hydroxylation is 2. The minimum Gasteiger partial charge on any atom is -0.341 e. The number of amides is 3. The van der Waals surface area contributed by atoms with Gasteiger partial charge in [-0.15, -0.1) is 0 Å². The van der Waals surface area contributed by atoms with Crippen molar-refractivity contribution < 1.29 is 14.4 Å². The van der Waals surface area contributed by atoms with Crippen LogP contribution in [0.3, 0.4) is 0 Å². The van der Waals surface area contributed by atoms with Crippen molar-refractivity contribution in [3.63, 3.8) is 0 Å². The molecule has 7 nitrogen and oxygen atoms in total. The SMILES string of the molecule is Cc1cc(C)cc(N2C(=O)/C(=C/c3cn(CC(=O)N4CCCCC4)c4ccccc34)C(=O)NC2=S)c1. The van der Waals surface area contributed by atoms with Crippen LogP contribution in [0.4, 0.5) is 5.69 Å². The van der Waals surface area contributed by atoms with Crippen molar-refractivity contribution in [3.8, 4) is 0 Å². The van der Waals surface area contributed by atoms with E-state index in [1.165, 1.54) is 4.90 Å². The highest BCUT2D eigenvalue weighted by Gasteiger charge is 2.35. The summed E-state index contributed by atoms with van der Waals surface area (Å²) in [6.45, 7) is 5.69. The Morgan fingerprint density at radius 3 is 2.44 bits per heavy atom. The molecule has 36 heavy (non-hydrogen) atoms. The first-order valence-corrected chi connectivity index (χ1v) is 12.6. The summed E-state index contributed by atoms with van der Waals surface area (Å²) in [5, 5.41) is 3.58. The molecule has 1 N–H and O–H groups in total. The lowest BCUT2D eigenvalue weighted by molar-refractivity contribution is -0.132. The van der Waals surface area contributed by atoms with Crippen molar-refractivity contribution in [2.45, 2.75) is 39.7 Å². The molecule has 0 saturated carbocycles. The zero-order valence-electron chi connectivity index (χ0n) is 20.4. The van der Waals surface area contributed by atoms with E-state index in [1.54, 1.807) is 6.08 Å². The van der Waals surface area contributed by atoms with Crippen LogP contribution in [0.25, 0.3) is 17.0 Å². The number of fused-ring (bicyclic) bond motifs is 1. The van der Waals surface area contributed by atoms with E-state index in [-0.39, 0.29) is 23.1 Å². The maximum Gasteiger partial charge on any atom is 0.270 e. The van der Waals surface area contributed by atoms with E-state index in [1.807, 2.05) is 72.0 Å². The van der Waals surface area contributed by atoms with Crippen molar-refractivity contribution in [2.24, 2.45) is 0 Å².